The van der Waals surface area contributed by atoms with Gasteiger partial charge in [-0.15, -0.1) is 0 Å². The summed E-state index contributed by atoms with van der Waals surface area (Å²) in [4.78, 5) is 11.3. The first-order chi connectivity index (χ1) is 10.0. The van der Waals surface area contributed by atoms with Crippen molar-refractivity contribution < 1.29 is 9.90 Å². The lowest BCUT2D eigenvalue weighted by Gasteiger charge is -2.21. The van der Waals surface area contributed by atoms with Crippen molar-refractivity contribution in [1.29, 1.82) is 0 Å². The standard InChI is InChI=1S/C18H21NO2/c1-12(2)18(9-10-18)11-19-16-8-7-15(17(20)21)13-5-3-4-6-14(13)16/h3-8,12,19H,9-11H2,1-2H3,(H,20,21). The highest BCUT2D eigenvalue weighted by Crippen LogP contribution is 2.51. The highest BCUT2D eigenvalue weighted by molar-refractivity contribution is 6.07. The van der Waals surface area contributed by atoms with Crippen molar-refractivity contribution in [2.24, 2.45) is 11.3 Å². The van der Waals surface area contributed by atoms with Crippen LogP contribution in [0.1, 0.15) is 37.0 Å². The normalized spacial score (nSPS) is 16.1. The second kappa shape index (κ2) is 5.06. The topological polar surface area (TPSA) is 49.3 Å². The predicted molar refractivity (Wildman–Crippen MR) is 85.9 cm³/mol. The summed E-state index contributed by atoms with van der Waals surface area (Å²) in [6.45, 7) is 5.52. The van der Waals surface area contributed by atoms with Crippen molar-refractivity contribution in [3.8, 4) is 0 Å². The van der Waals surface area contributed by atoms with Crippen LogP contribution in [0.4, 0.5) is 5.69 Å². The maximum absolute atomic E-state index is 11.3. The summed E-state index contributed by atoms with van der Waals surface area (Å²) in [5, 5.41) is 14.6. The van der Waals surface area contributed by atoms with E-state index in [1.165, 1.54) is 12.8 Å². The second-order valence-corrected chi connectivity index (χ2v) is 6.38. The number of carboxylic acid groups (broad SMARTS) is 1. The second-order valence-electron chi connectivity index (χ2n) is 6.38. The summed E-state index contributed by atoms with van der Waals surface area (Å²) in [7, 11) is 0. The first kappa shape index (κ1) is 13.9. The van der Waals surface area contributed by atoms with E-state index in [9.17, 15) is 9.90 Å². The fourth-order valence-electron chi connectivity index (χ4n) is 3.03. The van der Waals surface area contributed by atoms with Gasteiger partial charge in [0.25, 0.3) is 0 Å². The lowest BCUT2D eigenvalue weighted by molar-refractivity contribution is 0.0699. The highest BCUT2D eigenvalue weighted by Gasteiger charge is 2.44. The first-order valence-electron chi connectivity index (χ1n) is 7.52. The van der Waals surface area contributed by atoms with E-state index < -0.39 is 5.97 Å². The Morgan fingerprint density at radius 3 is 2.43 bits per heavy atom. The minimum Gasteiger partial charge on any atom is -0.478 e. The van der Waals surface area contributed by atoms with E-state index in [-0.39, 0.29) is 0 Å². The number of aromatic carboxylic acids is 1. The predicted octanol–water partition coefficient (Wildman–Crippen LogP) is 4.39. The Hall–Kier alpha value is -2.03. The molecule has 3 rings (SSSR count). The molecule has 2 N–H and O–H groups in total. The number of hydrogen-bond donors (Lipinski definition) is 2. The van der Waals surface area contributed by atoms with Gasteiger partial charge in [0, 0.05) is 17.6 Å². The summed E-state index contributed by atoms with van der Waals surface area (Å²) in [5.74, 6) is -0.201. The number of fused-ring (bicyclic) bond motifs is 1. The molecule has 3 nitrogen and oxygen atoms in total. The fraction of sp³-hybridized carbons (Fsp3) is 0.389. The van der Waals surface area contributed by atoms with Crippen LogP contribution in [0.15, 0.2) is 36.4 Å². The van der Waals surface area contributed by atoms with Crippen LogP contribution in [-0.4, -0.2) is 17.6 Å². The molecule has 0 heterocycles. The summed E-state index contributed by atoms with van der Waals surface area (Å²) < 4.78 is 0. The highest BCUT2D eigenvalue weighted by atomic mass is 16.4. The minimum absolute atomic E-state index is 0.362. The molecule has 2 aromatic rings. The van der Waals surface area contributed by atoms with Crippen LogP contribution in [0.3, 0.4) is 0 Å². The van der Waals surface area contributed by atoms with Crippen molar-refractivity contribution in [2.75, 3.05) is 11.9 Å². The maximum atomic E-state index is 11.3. The molecule has 0 bridgehead atoms. The minimum atomic E-state index is -0.876. The summed E-state index contributed by atoms with van der Waals surface area (Å²) in [6, 6.07) is 11.3. The number of rotatable bonds is 5. The molecule has 110 valence electrons. The van der Waals surface area contributed by atoms with E-state index in [0.29, 0.717) is 16.9 Å². The molecule has 0 radical (unpaired) electrons. The maximum Gasteiger partial charge on any atom is 0.336 e. The molecule has 0 spiro atoms. The lowest BCUT2D eigenvalue weighted by Crippen LogP contribution is -2.21. The molecule has 1 saturated carbocycles. The van der Waals surface area contributed by atoms with Gasteiger partial charge < -0.3 is 10.4 Å². The van der Waals surface area contributed by atoms with Gasteiger partial charge in [0.1, 0.15) is 0 Å². The lowest BCUT2D eigenvalue weighted by atomic mass is 9.92. The zero-order chi connectivity index (χ0) is 15.0. The van der Waals surface area contributed by atoms with E-state index >= 15 is 0 Å². The molecule has 3 heteroatoms. The summed E-state index contributed by atoms with van der Waals surface area (Å²) in [5.41, 5.74) is 1.82. The number of hydrogen-bond acceptors (Lipinski definition) is 2. The van der Waals surface area contributed by atoms with E-state index in [4.69, 9.17) is 0 Å². The van der Waals surface area contributed by atoms with Crippen LogP contribution >= 0.6 is 0 Å². The molecule has 0 saturated heterocycles. The van der Waals surface area contributed by atoms with Gasteiger partial charge in [0.05, 0.1) is 5.56 Å². The molecule has 1 fully saturated rings. The SMILES string of the molecule is CC(C)C1(CNc2ccc(C(=O)O)c3ccccc23)CC1. The van der Waals surface area contributed by atoms with E-state index in [2.05, 4.69) is 19.2 Å². The Bertz CT molecular complexity index is 687. The Morgan fingerprint density at radius 1 is 1.19 bits per heavy atom. The van der Waals surface area contributed by atoms with Gasteiger partial charge in [-0.05, 0) is 41.7 Å². The smallest absolute Gasteiger partial charge is 0.336 e. The van der Waals surface area contributed by atoms with Gasteiger partial charge in [0.2, 0.25) is 0 Å². The average Bonchev–Trinajstić information content (AvgIpc) is 3.25. The van der Waals surface area contributed by atoms with Crippen molar-refractivity contribution in [3.63, 3.8) is 0 Å². The third-order valence-corrected chi connectivity index (χ3v) is 4.90. The number of nitrogens with one attached hydrogen (secondary N) is 1. The Labute approximate surface area is 125 Å². The van der Waals surface area contributed by atoms with Gasteiger partial charge in [-0.1, -0.05) is 38.1 Å². The molecule has 21 heavy (non-hydrogen) atoms. The molecular formula is C18H21NO2. The van der Waals surface area contributed by atoms with Crippen molar-refractivity contribution in [2.45, 2.75) is 26.7 Å². The van der Waals surface area contributed by atoms with E-state index in [1.54, 1.807) is 6.07 Å². The Kier molecular flexibility index (Phi) is 3.36. The van der Waals surface area contributed by atoms with E-state index in [1.807, 2.05) is 30.3 Å². The zero-order valence-corrected chi connectivity index (χ0v) is 12.5. The molecular weight excluding hydrogens is 262 g/mol. The quantitative estimate of drug-likeness (QED) is 0.855. The number of carboxylic acids is 1. The van der Waals surface area contributed by atoms with Gasteiger partial charge in [0.15, 0.2) is 0 Å². The zero-order valence-electron chi connectivity index (χ0n) is 12.5. The van der Waals surface area contributed by atoms with E-state index in [0.717, 1.165) is 23.0 Å². The van der Waals surface area contributed by atoms with Crippen LogP contribution in [0.25, 0.3) is 10.8 Å². The van der Waals surface area contributed by atoms with Gasteiger partial charge in [-0.25, -0.2) is 4.79 Å². The van der Waals surface area contributed by atoms with Crippen LogP contribution < -0.4 is 5.32 Å². The third kappa shape index (κ3) is 2.48. The summed E-state index contributed by atoms with van der Waals surface area (Å²) in [6.07, 6.45) is 2.56. The van der Waals surface area contributed by atoms with Crippen LogP contribution in [0.2, 0.25) is 0 Å². The Balaban J connectivity index is 1.93. The van der Waals surface area contributed by atoms with Crippen molar-refractivity contribution in [3.05, 3.63) is 42.0 Å². The largest absolute Gasteiger partial charge is 0.478 e. The van der Waals surface area contributed by atoms with Crippen LogP contribution in [0.5, 0.6) is 0 Å². The molecule has 0 aromatic heterocycles. The monoisotopic (exact) mass is 283 g/mol. The molecule has 0 aliphatic heterocycles. The fourth-order valence-corrected chi connectivity index (χ4v) is 3.03. The van der Waals surface area contributed by atoms with Gasteiger partial charge >= 0.3 is 5.97 Å². The third-order valence-electron chi connectivity index (χ3n) is 4.90. The molecule has 0 atom stereocenters. The first-order valence-corrected chi connectivity index (χ1v) is 7.52. The molecule has 2 aromatic carbocycles. The number of benzene rings is 2. The number of carbonyl (C=O) groups is 1. The van der Waals surface area contributed by atoms with Crippen LogP contribution in [-0.2, 0) is 0 Å². The number of anilines is 1. The van der Waals surface area contributed by atoms with Gasteiger partial charge in [-0.2, -0.15) is 0 Å². The van der Waals surface area contributed by atoms with Crippen LogP contribution in [0, 0.1) is 11.3 Å². The summed E-state index contributed by atoms with van der Waals surface area (Å²) >= 11 is 0. The van der Waals surface area contributed by atoms with Crippen molar-refractivity contribution >= 4 is 22.4 Å². The Morgan fingerprint density at radius 2 is 1.86 bits per heavy atom. The van der Waals surface area contributed by atoms with Gasteiger partial charge in [-0.3, -0.25) is 0 Å². The molecule has 1 aliphatic rings. The van der Waals surface area contributed by atoms with Crippen molar-refractivity contribution in [1.82, 2.24) is 0 Å². The molecule has 0 amide bonds. The molecule has 0 unspecified atom stereocenters. The average molecular weight is 283 g/mol. The molecule has 1 aliphatic carbocycles.